The number of amides is 2. The number of anilines is 1. The number of hydrogen-bond donors (Lipinski definition) is 1. The molecular formula is C18H28N2O3. The van der Waals surface area contributed by atoms with Crippen molar-refractivity contribution in [1.29, 1.82) is 0 Å². The molecule has 1 aromatic carbocycles. The van der Waals surface area contributed by atoms with Gasteiger partial charge in [-0.1, -0.05) is 13.8 Å². The third kappa shape index (κ3) is 7.68. The van der Waals surface area contributed by atoms with Gasteiger partial charge in [0.1, 0.15) is 5.75 Å². The number of rotatable bonds is 8. The van der Waals surface area contributed by atoms with Crippen LogP contribution >= 0.6 is 0 Å². The summed E-state index contributed by atoms with van der Waals surface area (Å²) in [6.07, 6.45) is 0.995. The fourth-order valence-electron chi connectivity index (χ4n) is 2.02. The molecule has 0 heterocycles. The normalized spacial score (nSPS) is 10.7. The van der Waals surface area contributed by atoms with E-state index in [4.69, 9.17) is 4.74 Å². The van der Waals surface area contributed by atoms with Crippen LogP contribution in [0.15, 0.2) is 24.3 Å². The number of ether oxygens (including phenoxy) is 1. The lowest BCUT2D eigenvalue weighted by atomic mass is 10.1. The van der Waals surface area contributed by atoms with Crippen LogP contribution in [0.4, 0.5) is 5.69 Å². The summed E-state index contributed by atoms with van der Waals surface area (Å²) in [5, 5.41) is 2.81. The molecule has 1 aromatic rings. The number of carbonyl (C=O) groups excluding carboxylic acids is 2. The number of hydrogen-bond acceptors (Lipinski definition) is 3. The van der Waals surface area contributed by atoms with Crippen molar-refractivity contribution in [2.75, 3.05) is 18.4 Å². The Morgan fingerprint density at radius 2 is 1.74 bits per heavy atom. The van der Waals surface area contributed by atoms with Gasteiger partial charge in [-0.2, -0.15) is 0 Å². The lowest BCUT2D eigenvalue weighted by Crippen LogP contribution is -2.37. The Morgan fingerprint density at radius 1 is 1.13 bits per heavy atom. The lowest BCUT2D eigenvalue weighted by Gasteiger charge is -2.21. The first-order chi connectivity index (χ1) is 10.8. The largest absolute Gasteiger partial charge is 0.491 e. The van der Waals surface area contributed by atoms with Crippen molar-refractivity contribution in [1.82, 2.24) is 4.90 Å². The summed E-state index contributed by atoms with van der Waals surface area (Å²) in [5.41, 5.74) is 0.693. The zero-order valence-corrected chi connectivity index (χ0v) is 14.8. The first-order valence-electron chi connectivity index (χ1n) is 8.10. The summed E-state index contributed by atoms with van der Waals surface area (Å²) < 4.78 is 5.56. The van der Waals surface area contributed by atoms with Crippen molar-refractivity contribution >= 4 is 17.5 Å². The Morgan fingerprint density at radius 3 is 2.22 bits per heavy atom. The van der Waals surface area contributed by atoms with Gasteiger partial charge >= 0.3 is 0 Å². The molecule has 0 saturated carbocycles. The van der Waals surface area contributed by atoms with Crippen LogP contribution in [0.1, 0.15) is 41.0 Å². The van der Waals surface area contributed by atoms with Gasteiger partial charge in [-0.05, 0) is 50.5 Å². The molecule has 128 valence electrons. The molecule has 0 saturated heterocycles. The molecule has 1 N–H and O–H groups in total. The third-order valence-corrected chi connectivity index (χ3v) is 3.27. The van der Waals surface area contributed by atoms with E-state index < -0.39 is 0 Å². The van der Waals surface area contributed by atoms with Crippen LogP contribution < -0.4 is 10.1 Å². The fourth-order valence-corrected chi connectivity index (χ4v) is 2.02. The molecule has 0 atom stereocenters. The van der Waals surface area contributed by atoms with Gasteiger partial charge in [-0.25, -0.2) is 0 Å². The lowest BCUT2D eigenvalue weighted by molar-refractivity contribution is -0.132. The molecule has 0 spiro atoms. The maximum Gasteiger partial charge on any atom is 0.243 e. The first-order valence-corrected chi connectivity index (χ1v) is 8.10. The molecule has 2 amide bonds. The van der Waals surface area contributed by atoms with Crippen LogP contribution in [0.3, 0.4) is 0 Å². The summed E-state index contributed by atoms with van der Waals surface area (Å²) in [7, 11) is 0. The number of nitrogens with one attached hydrogen (secondary N) is 1. The van der Waals surface area contributed by atoms with Crippen LogP contribution in [0, 0.1) is 5.92 Å². The Balaban J connectivity index is 2.55. The highest BCUT2D eigenvalue weighted by atomic mass is 16.5. The van der Waals surface area contributed by atoms with Gasteiger partial charge in [0, 0.05) is 19.2 Å². The van der Waals surface area contributed by atoms with Gasteiger partial charge < -0.3 is 15.0 Å². The molecule has 0 fully saturated rings. The van der Waals surface area contributed by atoms with E-state index in [1.165, 1.54) is 6.92 Å². The topological polar surface area (TPSA) is 58.6 Å². The van der Waals surface area contributed by atoms with Crippen LogP contribution in [-0.4, -0.2) is 35.9 Å². The summed E-state index contributed by atoms with van der Waals surface area (Å²) in [5.74, 6) is 0.983. The average Bonchev–Trinajstić information content (AvgIpc) is 2.44. The minimum Gasteiger partial charge on any atom is -0.491 e. The van der Waals surface area contributed by atoms with Crippen molar-refractivity contribution in [2.45, 2.75) is 47.1 Å². The molecular weight excluding hydrogens is 292 g/mol. The first kappa shape index (κ1) is 19.0. The van der Waals surface area contributed by atoms with Gasteiger partial charge in [0.05, 0.1) is 12.6 Å². The molecule has 0 bridgehead atoms. The van der Waals surface area contributed by atoms with Crippen LogP contribution in [0.25, 0.3) is 0 Å². The quantitative estimate of drug-likeness (QED) is 0.799. The van der Waals surface area contributed by atoms with E-state index in [0.717, 1.165) is 12.2 Å². The molecule has 0 aliphatic carbocycles. The van der Waals surface area contributed by atoms with Crippen molar-refractivity contribution in [3.63, 3.8) is 0 Å². The average molecular weight is 320 g/mol. The summed E-state index contributed by atoms with van der Waals surface area (Å²) in [6, 6.07) is 7.22. The molecule has 0 aliphatic heterocycles. The van der Waals surface area contributed by atoms with Gasteiger partial charge in [-0.3, -0.25) is 9.59 Å². The van der Waals surface area contributed by atoms with Gasteiger partial charge in [0.2, 0.25) is 11.8 Å². The molecule has 5 nitrogen and oxygen atoms in total. The molecule has 0 aromatic heterocycles. The minimum atomic E-state index is -0.193. The number of nitrogens with zero attached hydrogens (tertiary/aromatic N) is 1. The standard InChI is InChI=1S/C18H28N2O3/c1-13(2)10-11-20(15(5)21)12-18(22)19-16-6-8-17(9-7-16)23-14(3)4/h6-9,13-14H,10-12H2,1-5H3,(H,19,22). The van der Waals surface area contributed by atoms with Crippen molar-refractivity contribution < 1.29 is 14.3 Å². The fraction of sp³-hybridized carbons (Fsp3) is 0.556. The summed E-state index contributed by atoms with van der Waals surface area (Å²) in [4.78, 5) is 25.3. The molecule has 0 radical (unpaired) electrons. The van der Waals surface area contributed by atoms with Crippen molar-refractivity contribution in [3.05, 3.63) is 24.3 Å². The smallest absolute Gasteiger partial charge is 0.243 e. The van der Waals surface area contributed by atoms with Gasteiger partial charge in [-0.15, -0.1) is 0 Å². The Labute approximate surface area is 139 Å². The third-order valence-electron chi connectivity index (χ3n) is 3.27. The summed E-state index contributed by atoms with van der Waals surface area (Å²) in [6.45, 7) is 10.3. The Kier molecular flexibility index (Phi) is 7.59. The number of carbonyl (C=O) groups is 2. The van der Waals surface area contributed by atoms with E-state index in [-0.39, 0.29) is 24.5 Å². The zero-order chi connectivity index (χ0) is 17.4. The number of benzene rings is 1. The monoisotopic (exact) mass is 320 g/mol. The van der Waals surface area contributed by atoms with Crippen LogP contribution in [0.2, 0.25) is 0 Å². The van der Waals surface area contributed by atoms with E-state index >= 15 is 0 Å². The second-order valence-corrected chi connectivity index (χ2v) is 6.36. The minimum absolute atomic E-state index is 0.0757. The zero-order valence-electron chi connectivity index (χ0n) is 14.8. The van der Waals surface area contributed by atoms with Gasteiger partial charge in [0.15, 0.2) is 0 Å². The van der Waals surface area contributed by atoms with E-state index in [0.29, 0.717) is 18.2 Å². The van der Waals surface area contributed by atoms with E-state index in [9.17, 15) is 9.59 Å². The SMILES string of the molecule is CC(=O)N(CCC(C)C)CC(=O)Nc1ccc(OC(C)C)cc1. The molecule has 23 heavy (non-hydrogen) atoms. The van der Waals surface area contributed by atoms with Crippen molar-refractivity contribution in [2.24, 2.45) is 5.92 Å². The molecule has 1 rings (SSSR count). The highest BCUT2D eigenvalue weighted by molar-refractivity contribution is 5.94. The Hall–Kier alpha value is -2.04. The molecule has 5 heteroatoms. The maximum absolute atomic E-state index is 12.1. The van der Waals surface area contributed by atoms with E-state index in [2.05, 4.69) is 19.2 Å². The molecule has 0 aliphatic rings. The predicted octanol–water partition coefficient (Wildman–Crippen LogP) is 3.31. The molecule has 0 unspecified atom stereocenters. The van der Waals surface area contributed by atoms with Crippen molar-refractivity contribution in [3.8, 4) is 5.75 Å². The Bertz CT molecular complexity index is 510. The predicted molar refractivity (Wildman–Crippen MR) is 92.5 cm³/mol. The maximum atomic E-state index is 12.1. The highest BCUT2D eigenvalue weighted by Crippen LogP contribution is 2.17. The van der Waals surface area contributed by atoms with Crippen LogP contribution in [0.5, 0.6) is 5.75 Å². The highest BCUT2D eigenvalue weighted by Gasteiger charge is 2.14. The van der Waals surface area contributed by atoms with Gasteiger partial charge in [0.25, 0.3) is 0 Å². The summed E-state index contributed by atoms with van der Waals surface area (Å²) >= 11 is 0. The van der Waals surface area contributed by atoms with E-state index in [1.807, 2.05) is 26.0 Å². The van der Waals surface area contributed by atoms with E-state index in [1.54, 1.807) is 17.0 Å². The second kappa shape index (κ2) is 9.18. The van der Waals surface area contributed by atoms with Crippen LogP contribution in [-0.2, 0) is 9.59 Å². The second-order valence-electron chi connectivity index (χ2n) is 6.36.